The lowest BCUT2D eigenvalue weighted by Gasteiger charge is -2.15. The fourth-order valence-electron chi connectivity index (χ4n) is 2.67. The summed E-state index contributed by atoms with van der Waals surface area (Å²) in [6.07, 6.45) is 5.34. The number of carbonyl (C=O) groups is 1. The van der Waals surface area contributed by atoms with Crippen molar-refractivity contribution < 1.29 is 14.3 Å². The first-order valence-corrected chi connectivity index (χ1v) is 8.13. The largest absolute Gasteiger partial charge is 0.493 e. The molecule has 3 aromatic rings. The lowest BCUT2D eigenvalue weighted by molar-refractivity contribution is -0.121. The molecule has 2 heterocycles. The van der Waals surface area contributed by atoms with Crippen LogP contribution in [0.2, 0.25) is 0 Å². The van der Waals surface area contributed by atoms with Crippen LogP contribution < -0.4 is 20.5 Å². The molecule has 26 heavy (non-hydrogen) atoms. The average molecular weight is 355 g/mol. The molecule has 0 aliphatic carbocycles. The van der Waals surface area contributed by atoms with Crippen molar-refractivity contribution in [2.75, 3.05) is 14.2 Å². The Hall–Kier alpha value is -3.13. The molecule has 8 nitrogen and oxygen atoms in total. The molecule has 0 saturated carbocycles. The van der Waals surface area contributed by atoms with Gasteiger partial charge >= 0.3 is 0 Å². The maximum absolute atomic E-state index is 12.2. The van der Waals surface area contributed by atoms with Gasteiger partial charge in [0.25, 0.3) is 0 Å². The number of fused-ring (bicyclic) bond motifs is 1. The van der Waals surface area contributed by atoms with Crippen LogP contribution in [0.15, 0.2) is 42.9 Å². The Morgan fingerprint density at radius 3 is 2.88 bits per heavy atom. The first kappa shape index (κ1) is 17.7. The molecule has 0 bridgehead atoms. The van der Waals surface area contributed by atoms with Gasteiger partial charge in [-0.05, 0) is 23.8 Å². The number of nitrogens with zero attached hydrogens (tertiary/aromatic N) is 3. The second-order valence-corrected chi connectivity index (χ2v) is 5.76. The first-order valence-electron chi connectivity index (χ1n) is 8.13. The molecule has 0 saturated heterocycles. The van der Waals surface area contributed by atoms with E-state index in [0.717, 1.165) is 16.8 Å². The summed E-state index contributed by atoms with van der Waals surface area (Å²) in [5.74, 6) is 1.05. The van der Waals surface area contributed by atoms with E-state index in [-0.39, 0.29) is 12.3 Å². The Morgan fingerprint density at radius 1 is 1.31 bits per heavy atom. The maximum Gasteiger partial charge on any atom is 0.222 e. The van der Waals surface area contributed by atoms with Crippen LogP contribution in [0.3, 0.4) is 0 Å². The van der Waals surface area contributed by atoms with Crippen LogP contribution in [0, 0.1) is 0 Å². The van der Waals surface area contributed by atoms with E-state index < -0.39 is 6.04 Å². The number of nitrogens with one attached hydrogen (secondary N) is 1. The van der Waals surface area contributed by atoms with Gasteiger partial charge < -0.3 is 20.5 Å². The standard InChI is InChI=1S/C18H21N5O3/c1-25-15-5-4-12(8-16(15)26-2)14(19)9-17(24)21-10-13-11-22-23-7-3-6-20-18(13)23/h3-8,11,14H,9-10,19H2,1-2H3,(H,21,24)/t14-/m1/s1. The van der Waals surface area contributed by atoms with Gasteiger partial charge in [-0.2, -0.15) is 5.10 Å². The molecule has 2 aromatic heterocycles. The van der Waals surface area contributed by atoms with Gasteiger partial charge in [-0.1, -0.05) is 6.07 Å². The quantitative estimate of drug-likeness (QED) is 0.665. The summed E-state index contributed by atoms with van der Waals surface area (Å²) in [7, 11) is 3.13. The SMILES string of the molecule is COc1ccc([C@H](N)CC(=O)NCc2cnn3cccnc23)cc1OC. The van der Waals surface area contributed by atoms with Gasteiger partial charge in [0.2, 0.25) is 5.91 Å². The molecule has 0 aliphatic rings. The molecule has 1 amide bonds. The van der Waals surface area contributed by atoms with Crippen molar-refractivity contribution in [2.45, 2.75) is 19.0 Å². The van der Waals surface area contributed by atoms with Crippen LogP contribution in [-0.2, 0) is 11.3 Å². The molecule has 1 atom stereocenters. The average Bonchev–Trinajstić information content (AvgIpc) is 3.09. The maximum atomic E-state index is 12.2. The lowest BCUT2D eigenvalue weighted by Crippen LogP contribution is -2.27. The van der Waals surface area contributed by atoms with Crippen molar-refractivity contribution in [2.24, 2.45) is 5.73 Å². The molecule has 0 spiro atoms. The molecule has 0 fully saturated rings. The van der Waals surface area contributed by atoms with E-state index in [1.54, 1.807) is 55.5 Å². The Kier molecular flexibility index (Phi) is 5.33. The van der Waals surface area contributed by atoms with Gasteiger partial charge in [-0.15, -0.1) is 0 Å². The van der Waals surface area contributed by atoms with E-state index in [1.165, 1.54) is 0 Å². The summed E-state index contributed by atoms with van der Waals surface area (Å²) in [5.41, 5.74) is 8.53. The van der Waals surface area contributed by atoms with Crippen molar-refractivity contribution in [1.82, 2.24) is 19.9 Å². The predicted molar refractivity (Wildman–Crippen MR) is 95.9 cm³/mol. The predicted octanol–water partition coefficient (Wildman–Crippen LogP) is 1.45. The van der Waals surface area contributed by atoms with Crippen molar-refractivity contribution in [3.8, 4) is 11.5 Å². The zero-order valence-corrected chi connectivity index (χ0v) is 14.7. The van der Waals surface area contributed by atoms with Gasteiger partial charge in [-0.25, -0.2) is 9.50 Å². The summed E-state index contributed by atoms with van der Waals surface area (Å²) >= 11 is 0. The van der Waals surface area contributed by atoms with Crippen molar-refractivity contribution >= 4 is 11.6 Å². The molecule has 0 radical (unpaired) electrons. The lowest BCUT2D eigenvalue weighted by atomic mass is 10.0. The number of aromatic nitrogens is 3. The summed E-state index contributed by atoms with van der Waals surface area (Å²) < 4.78 is 12.1. The molecule has 3 N–H and O–H groups in total. The minimum Gasteiger partial charge on any atom is -0.493 e. The smallest absolute Gasteiger partial charge is 0.222 e. The number of carbonyl (C=O) groups excluding carboxylic acids is 1. The van der Waals surface area contributed by atoms with Crippen LogP contribution in [0.1, 0.15) is 23.6 Å². The van der Waals surface area contributed by atoms with Crippen molar-refractivity contribution in [3.05, 3.63) is 54.0 Å². The molecular weight excluding hydrogens is 334 g/mol. The molecule has 1 aromatic carbocycles. The van der Waals surface area contributed by atoms with Gasteiger partial charge in [0.15, 0.2) is 17.1 Å². The molecule has 136 valence electrons. The second-order valence-electron chi connectivity index (χ2n) is 5.76. The van der Waals surface area contributed by atoms with E-state index in [0.29, 0.717) is 18.0 Å². The molecule has 3 rings (SSSR count). The highest BCUT2D eigenvalue weighted by Gasteiger charge is 2.15. The third kappa shape index (κ3) is 3.75. The molecular formula is C18H21N5O3. The topological polar surface area (TPSA) is 104 Å². The fraction of sp³-hybridized carbons (Fsp3) is 0.278. The van der Waals surface area contributed by atoms with Crippen LogP contribution in [0.25, 0.3) is 5.65 Å². The van der Waals surface area contributed by atoms with E-state index in [1.807, 2.05) is 6.07 Å². The minimum atomic E-state index is -0.447. The zero-order chi connectivity index (χ0) is 18.5. The van der Waals surface area contributed by atoms with E-state index in [9.17, 15) is 4.79 Å². The Labute approximate surface area is 150 Å². The van der Waals surface area contributed by atoms with Crippen molar-refractivity contribution in [1.29, 1.82) is 0 Å². The zero-order valence-electron chi connectivity index (χ0n) is 14.7. The Morgan fingerprint density at radius 2 is 2.12 bits per heavy atom. The number of nitrogens with two attached hydrogens (primary N) is 1. The summed E-state index contributed by atoms with van der Waals surface area (Å²) in [6, 6.07) is 6.73. The highest BCUT2D eigenvalue weighted by atomic mass is 16.5. The monoisotopic (exact) mass is 355 g/mol. The molecule has 8 heteroatoms. The second kappa shape index (κ2) is 7.83. The third-order valence-electron chi connectivity index (χ3n) is 4.07. The highest BCUT2D eigenvalue weighted by molar-refractivity contribution is 5.77. The molecule has 0 aliphatic heterocycles. The number of methoxy groups -OCH3 is 2. The van der Waals surface area contributed by atoms with Crippen molar-refractivity contribution in [3.63, 3.8) is 0 Å². The van der Waals surface area contributed by atoms with Gasteiger partial charge in [0, 0.05) is 37.0 Å². The number of hydrogen-bond donors (Lipinski definition) is 2. The Balaban J connectivity index is 1.61. The summed E-state index contributed by atoms with van der Waals surface area (Å²) in [4.78, 5) is 16.5. The Bertz CT molecular complexity index is 909. The number of rotatable bonds is 7. The van der Waals surface area contributed by atoms with Crippen LogP contribution in [-0.4, -0.2) is 34.7 Å². The highest BCUT2D eigenvalue weighted by Crippen LogP contribution is 2.30. The van der Waals surface area contributed by atoms with Gasteiger partial charge in [-0.3, -0.25) is 4.79 Å². The number of ether oxygens (including phenoxy) is 2. The van der Waals surface area contributed by atoms with E-state index in [4.69, 9.17) is 15.2 Å². The number of hydrogen-bond acceptors (Lipinski definition) is 6. The van der Waals surface area contributed by atoms with Crippen LogP contribution in [0.5, 0.6) is 11.5 Å². The summed E-state index contributed by atoms with van der Waals surface area (Å²) in [5, 5.41) is 7.05. The van der Waals surface area contributed by atoms with Gasteiger partial charge in [0.05, 0.1) is 20.4 Å². The minimum absolute atomic E-state index is 0.150. The number of benzene rings is 1. The third-order valence-corrected chi connectivity index (χ3v) is 4.07. The van der Waals surface area contributed by atoms with Gasteiger partial charge in [0.1, 0.15) is 0 Å². The normalized spacial score (nSPS) is 12.0. The van der Waals surface area contributed by atoms with E-state index >= 15 is 0 Å². The number of amides is 1. The van der Waals surface area contributed by atoms with Crippen LogP contribution >= 0.6 is 0 Å². The fourth-order valence-corrected chi connectivity index (χ4v) is 2.67. The van der Waals surface area contributed by atoms with E-state index in [2.05, 4.69) is 15.4 Å². The summed E-state index contributed by atoms with van der Waals surface area (Å²) in [6.45, 7) is 0.345. The first-order chi connectivity index (χ1) is 12.6. The van der Waals surface area contributed by atoms with Crippen LogP contribution in [0.4, 0.5) is 0 Å². The molecule has 0 unspecified atom stereocenters.